The first-order valence-corrected chi connectivity index (χ1v) is 9.18. The molecule has 0 saturated heterocycles. The quantitative estimate of drug-likeness (QED) is 0.560. The maximum atomic E-state index is 12.7. The van der Waals surface area contributed by atoms with Crippen LogP contribution in [-0.4, -0.2) is 15.5 Å². The van der Waals surface area contributed by atoms with Gasteiger partial charge in [-0.05, 0) is 43.3 Å². The SMILES string of the molecule is Cc1ccc(Oc2ccccc2NC(=O)Cn2c(=O)cnc3ccccc32)cc1. The van der Waals surface area contributed by atoms with Crippen LogP contribution >= 0.6 is 0 Å². The van der Waals surface area contributed by atoms with E-state index in [2.05, 4.69) is 10.3 Å². The van der Waals surface area contributed by atoms with Gasteiger partial charge in [-0.15, -0.1) is 0 Å². The Bertz CT molecular complexity index is 1230. The van der Waals surface area contributed by atoms with Crippen molar-refractivity contribution in [2.24, 2.45) is 0 Å². The molecule has 0 bridgehead atoms. The van der Waals surface area contributed by atoms with Crippen molar-refractivity contribution in [1.82, 2.24) is 9.55 Å². The molecule has 29 heavy (non-hydrogen) atoms. The van der Waals surface area contributed by atoms with Crippen LogP contribution in [0, 0.1) is 6.92 Å². The van der Waals surface area contributed by atoms with Gasteiger partial charge in [-0.2, -0.15) is 0 Å². The summed E-state index contributed by atoms with van der Waals surface area (Å²) < 4.78 is 7.32. The molecule has 6 heteroatoms. The van der Waals surface area contributed by atoms with Crippen LogP contribution in [0.4, 0.5) is 5.69 Å². The zero-order valence-corrected chi connectivity index (χ0v) is 15.8. The van der Waals surface area contributed by atoms with Gasteiger partial charge < -0.3 is 10.1 Å². The Morgan fingerprint density at radius 3 is 2.55 bits per heavy atom. The molecule has 4 aromatic rings. The van der Waals surface area contributed by atoms with Gasteiger partial charge in [0.2, 0.25) is 5.91 Å². The smallest absolute Gasteiger partial charge is 0.269 e. The number of ether oxygens (including phenoxy) is 1. The van der Waals surface area contributed by atoms with Crippen LogP contribution in [0.1, 0.15) is 5.56 Å². The number of rotatable bonds is 5. The largest absolute Gasteiger partial charge is 0.455 e. The molecule has 0 aliphatic rings. The lowest BCUT2D eigenvalue weighted by Gasteiger charge is -2.13. The first-order chi connectivity index (χ1) is 14.1. The van der Waals surface area contributed by atoms with E-state index in [4.69, 9.17) is 4.74 Å². The van der Waals surface area contributed by atoms with E-state index in [1.807, 2.05) is 55.5 Å². The van der Waals surface area contributed by atoms with Crippen molar-refractivity contribution in [3.8, 4) is 11.5 Å². The number of amides is 1. The van der Waals surface area contributed by atoms with Crippen LogP contribution < -0.4 is 15.6 Å². The van der Waals surface area contributed by atoms with Crippen LogP contribution in [0.5, 0.6) is 11.5 Å². The predicted octanol–water partition coefficient (Wildman–Crippen LogP) is 4.14. The molecule has 4 rings (SSSR count). The highest BCUT2D eigenvalue weighted by atomic mass is 16.5. The van der Waals surface area contributed by atoms with Crippen LogP contribution in [0.2, 0.25) is 0 Å². The number of aromatic nitrogens is 2. The van der Waals surface area contributed by atoms with Crippen molar-refractivity contribution < 1.29 is 9.53 Å². The second-order valence-electron chi connectivity index (χ2n) is 6.63. The zero-order chi connectivity index (χ0) is 20.2. The van der Waals surface area contributed by atoms with Gasteiger partial charge in [-0.1, -0.05) is 42.0 Å². The second-order valence-corrected chi connectivity index (χ2v) is 6.63. The lowest BCUT2D eigenvalue weighted by molar-refractivity contribution is -0.116. The van der Waals surface area contributed by atoms with E-state index in [-0.39, 0.29) is 18.0 Å². The maximum absolute atomic E-state index is 12.7. The molecule has 0 unspecified atom stereocenters. The van der Waals surface area contributed by atoms with E-state index < -0.39 is 0 Å². The number of carbonyl (C=O) groups excluding carboxylic acids is 1. The van der Waals surface area contributed by atoms with E-state index in [0.29, 0.717) is 28.2 Å². The topological polar surface area (TPSA) is 73.2 Å². The first kappa shape index (κ1) is 18.4. The number of para-hydroxylation sites is 4. The van der Waals surface area contributed by atoms with Gasteiger partial charge in [-0.25, -0.2) is 4.98 Å². The summed E-state index contributed by atoms with van der Waals surface area (Å²) in [6, 6.07) is 22.1. The molecule has 1 N–H and O–H groups in total. The minimum atomic E-state index is -0.331. The third kappa shape index (κ3) is 4.16. The fraction of sp³-hybridized carbons (Fsp3) is 0.0870. The molecular weight excluding hydrogens is 366 g/mol. The predicted molar refractivity (Wildman–Crippen MR) is 112 cm³/mol. The van der Waals surface area contributed by atoms with Crippen molar-refractivity contribution in [2.75, 3.05) is 5.32 Å². The summed E-state index contributed by atoms with van der Waals surface area (Å²) in [7, 11) is 0. The number of carbonyl (C=O) groups is 1. The van der Waals surface area contributed by atoms with E-state index in [1.54, 1.807) is 24.3 Å². The molecule has 0 aliphatic heterocycles. The highest BCUT2D eigenvalue weighted by molar-refractivity contribution is 5.93. The van der Waals surface area contributed by atoms with Crippen molar-refractivity contribution in [3.05, 3.63) is 94.9 Å². The van der Waals surface area contributed by atoms with Crippen LogP contribution in [0.15, 0.2) is 83.8 Å². The minimum absolute atomic E-state index is 0.124. The number of fused-ring (bicyclic) bond motifs is 1. The summed E-state index contributed by atoms with van der Waals surface area (Å²) in [5.74, 6) is 0.869. The monoisotopic (exact) mass is 385 g/mol. The van der Waals surface area contributed by atoms with E-state index in [9.17, 15) is 9.59 Å². The molecule has 144 valence electrons. The molecule has 6 nitrogen and oxygen atoms in total. The first-order valence-electron chi connectivity index (χ1n) is 9.18. The van der Waals surface area contributed by atoms with E-state index in [0.717, 1.165) is 5.56 Å². The Labute approximate surface area is 167 Å². The Balaban J connectivity index is 1.56. The molecule has 0 saturated carbocycles. The molecule has 0 atom stereocenters. The third-order valence-electron chi connectivity index (χ3n) is 4.46. The van der Waals surface area contributed by atoms with Gasteiger partial charge >= 0.3 is 0 Å². The lowest BCUT2D eigenvalue weighted by atomic mass is 10.2. The number of hydrogen-bond donors (Lipinski definition) is 1. The molecule has 1 aromatic heterocycles. The van der Waals surface area contributed by atoms with Gasteiger partial charge in [0.1, 0.15) is 12.3 Å². The summed E-state index contributed by atoms with van der Waals surface area (Å²) >= 11 is 0. The molecular formula is C23H19N3O3. The highest BCUT2D eigenvalue weighted by Gasteiger charge is 2.12. The third-order valence-corrected chi connectivity index (χ3v) is 4.46. The van der Waals surface area contributed by atoms with Crippen LogP contribution in [0.3, 0.4) is 0 Å². The fourth-order valence-corrected chi connectivity index (χ4v) is 3.00. The van der Waals surface area contributed by atoms with E-state index >= 15 is 0 Å². The van der Waals surface area contributed by atoms with Gasteiger partial charge in [0, 0.05) is 0 Å². The molecule has 3 aromatic carbocycles. The summed E-state index contributed by atoms with van der Waals surface area (Å²) in [6.45, 7) is 1.88. The zero-order valence-electron chi connectivity index (χ0n) is 15.8. The summed E-state index contributed by atoms with van der Waals surface area (Å²) in [5.41, 5.74) is 2.60. The van der Waals surface area contributed by atoms with Crippen molar-refractivity contribution in [3.63, 3.8) is 0 Å². The number of benzene rings is 3. The molecule has 0 radical (unpaired) electrons. The molecule has 0 spiro atoms. The fourth-order valence-electron chi connectivity index (χ4n) is 3.00. The van der Waals surface area contributed by atoms with Gasteiger partial charge in [0.05, 0.1) is 22.9 Å². The Kier molecular flexibility index (Phi) is 5.07. The number of anilines is 1. The van der Waals surface area contributed by atoms with Gasteiger partial charge in [0.15, 0.2) is 5.75 Å². The van der Waals surface area contributed by atoms with Crippen molar-refractivity contribution in [1.29, 1.82) is 0 Å². The summed E-state index contributed by atoms with van der Waals surface area (Å²) in [5, 5.41) is 2.84. The van der Waals surface area contributed by atoms with E-state index in [1.165, 1.54) is 10.8 Å². The Morgan fingerprint density at radius 2 is 1.72 bits per heavy atom. The van der Waals surface area contributed by atoms with Gasteiger partial charge in [-0.3, -0.25) is 14.2 Å². The standard InChI is InChI=1S/C23H19N3O3/c1-16-10-12-17(13-11-16)29-21-9-5-3-7-19(21)25-22(27)15-26-20-8-4-2-6-18(20)24-14-23(26)28/h2-14H,15H2,1H3,(H,25,27). The Morgan fingerprint density at radius 1 is 1.00 bits per heavy atom. The van der Waals surface area contributed by atoms with Crippen LogP contribution in [0.25, 0.3) is 11.0 Å². The number of aryl methyl sites for hydroxylation is 1. The molecule has 1 amide bonds. The average molecular weight is 385 g/mol. The Hall–Kier alpha value is -3.93. The minimum Gasteiger partial charge on any atom is -0.455 e. The molecule has 0 fully saturated rings. The average Bonchev–Trinajstić information content (AvgIpc) is 2.73. The number of nitrogens with one attached hydrogen (secondary N) is 1. The number of nitrogens with zero attached hydrogens (tertiary/aromatic N) is 2. The molecule has 0 aliphatic carbocycles. The number of hydrogen-bond acceptors (Lipinski definition) is 4. The lowest BCUT2D eigenvalue weighted by Crippen LogP contribution is -2.28. The summed E-state index contributed by atoms with van der Waals surface area (Å²) in [6.07, 6.45) is 1.23. The molecule has 1 heterocycles. The van der Waals surface area contributed by atoms with Crippen molar-refractivity contribution in [2.45, 2.75) is 13.5 Å². The maximum Gasteiger partial charge on any atom is 0.269 e. The van der Waals surface area contributed by atoms with Crippen LogP contribution in [-0.2, 0) is 11.3 Å². The summed E-state index contributed by atoms with van der Waals surface area (Å²) in [4.78, 5) is 29.0. The normalized spacial score (nSPS) is 10.7. The second kappa shape index (κ2) is 7.98. The highest BCUT2D eigenvalue weighted by Crippen LogP contribution is 2.29. The van der Waals surface area contributed by atoms with Crippen molar-refractivity contribution >= 4 is 22.6 Å². The van der Waals surface area contributed by atoms with Gasteiger partial charge in [0.25, 0.3) is 5.56 Å².